The van der Waals surface area contributed by atoms with Gasteiger partial charge < -0.3 is 15.8 Å². The van der Waals surface area contributed by atoms with E-state index in [1.54, 1.807) is 24.3 Å². The van der Waals surface area contributed by atoms with Crippen molar-refractivity contribution in [2.75, 3.05) is 13.2 Å². The van der Waals surface area contributed by atoms with Crippen LogP contribution in [0, 0.1) is 0 Å². The van der Waals surface area contributed by atoms with E-state index in [0.29, 0.717) is 11.3 Å². The number of rotatable bonds is 6. The van der Waals surface area contributed by atoms with E-state index >= 15 is 0 Å². The Balaban J connectivity index is 2.64. The predicted molar refractivity (Wildman–Crippen MR) is 82.3 cm³/mol. The fourth-order valence-corrected chi connectivity index (χ4v) is 1.62. The summed E-state index contributed by atoms with van der Waals surface area (Å²) < 4.78 is 31.1. The molecule has 0 aliphatic carbocycles. The van der Waals surface area contributed by atoms with Gasteiger partial charge in [0.05, 0.1) is 6.33 Å². The molecular formula is C16H22F2N2O2. The van der Waals surface area contributed by atoms with E-state index in [-0.39, 0.29) is 36.5 Å². The molecule has 0 spiro atoms. The van der Waals surface area contributed by atoms with Gasteiger partial charge in [0.15, 0.2) is 0 Å². The number of alkyl halides is 1. The number of ether oxygens (including phenoxy) is 1. The van der Waals surface area contributed by atoms with Gasteiger partial charge in [-0.2, -0.15) is 0 Å². The summed E-state index contributed by atoms with van der Waals surface area (Å²) in [5.74, 6) is 0.214. The van der Waals surface area contributed by atoms with Crippen LogP contribution < -0.4 is 15.8 Å². The third-order valence-corrected chi connectivity index (χ3v) is 2.76. The Labute approximate surface area is 129 Å². The normalized spacial score (nSPS) is 13.6. The number of hydrogen-bond donors (Lipinski definition) is 2. The van der Waals surface area contributed by atoms with E-state index in [0.717, 1.165) is 0 Å². The summed E-state index contributed by atoms with van der Waals surface area (Å²) in [5.41, 5.74) is 5.14. The van der Waals surface area contributed by atoms with Crippen molar-refractivity contribution in [3.05, 3.63) is 41.7 Å². The van der Waals surface area contributed by atoms with E-state index in [1.165, 1.54) is 0 Å². The number of amides is 1. The van der Waals surface area contributed by atoms with E-state index in [4.69, 9.17) is 10.5 Å². The molecule has 122 valence electrons. The van der Waals surface area contributed by atoms with Crippen LogP contribution >= 0.6 is 0 Å². The first-order valence-corrected chi connectivity index (χ1v) is 6.95. The zero-order chi connectivity index (χ0) is 16.8. The molecule has 1 atom stereocenters. The molecule has 1 amide bonds. The first kappa shape index (κ1) is 18.1. The predicted octanol–water partition coefficient (Wildman–Crippen LogP) is 2.74. The highest BCUT2D eigenvalue weighted by molar-refractivity contribution is 5.94. The zero-order valence-electron chi connectivity index (χ0n) is 13.0. The van der Waals surface area contributed by atoms with Gasteiger partial charge in [0.25, 0.3) is 5.91 Å². The SMILES string of the molecule is CC(C)(C)NC(=O)c1ccc(OC/C(=C\F)[C@@H](F)CN)cc1. The molecule has 0 aliphatic heterocycles. The van der Waals surface area contributed by atoms with Crippen LogP contribution in [-0.4, -0.2) is 30.8 Å². The number of nitrogens with one attached hydrogen (secondary N) is 1. The molecule has 0 bridgehead atoms. The van der Waals surface area contributed by atoms with Crippen LogP contribution in [0.2, 0.25) is 0 Å². The minimum absolute atomic E-state index is 0.156. The van der Waals surface area contributed by atoms with Crippen molar-refractivity contribution < 1.29 is 18.3 Å². The molecule has 0 saturated carbocycles. The quantitative estimate of drug-likeness (QED) is 0.849. The maximum atomic E-state index is 13.3. The number of halogens is 2. The second-order valence-corrected chi connectivity index (χ2v) is 5.90. The number of carbonyl (C=O) groups excluding carboxylic acids is 1. The van der Waals surface area contributed by atoms with Crippen LogP contribution in [0.4, 0.5) is 8.78 Å². The van der Waals surface area contributed by atoms with Crippen LogP contribution in [0.15, 0.2) is 36.2 Å². The van der Waals surface area contributed by atoms with Gasteiger partial charge in [-0.3, -0.25) is 4.79 Å². The molecule has 4 nitrogen and oxygen atoms in total. The largest absolute Gasteiger partial charge is 0.489 e. The number of carbonyl (C=O) groups is 1. The summed E-state index contributed by atoms with van der Waals surface area (Å²) in [6.07, 6.45) is -1.40. The molecule has 0 heterocycles. The summed E-state index contributed by atoms with van der Waals surface area (Å²) in [6.45, 7) is 5.13. The molecule has 0 aromatic heterocycles. The van der Waals surface area contributed by atoms with Gasteiger partial charge in [0.2, 0.25) is 0 Å². The second-order valence-electron chi connectivity index (χ2n) is 5.90. The van der Waals surface area contributed by atoms with Gasteiger partial charge in [-0.25, -0.2) is 8.78 Å². The highest BCUT2D eigenvalue weighted by Crippen LogP contribution is 2.15. The van der Waals surface area contributed by atoms with E-state index in [1.807, 2.05) is 20.8 Å². The van der Waals surface area contributed by atoms with Crippen LogP contribution in [0.3, 0.4) is 0 Å². The third kappa shape index (κ3) is 5.81. The Morgan fingerprint density at radius 1 is 1.36 bits per heavy atom. The lowest BCUT2D eigenvalue weighted by atomic mass is 10.1. The molecule has 0 aliphatic rings. The first-order valence-electron chi connectivity index (χ1n) is 6.95. The molecule has 1 aromatic rings. The Kier molecular flexibility index (Phi) is 6.49. The van der Waals surface area contributed by atoms with Crippen molar-refractivity contribution in [2.45, 2.75) is 32.5 Å². The molecule has 3 N–H and O–H groups in total. The van der Waals surface area contributed by atoms with Crippen molar-refractivity contribution in [3.8, 4) is 5.75 Å². The molecule has 0 saturated heterocycles. The van der Waals surface area contributed by atoms with Crippen molar-refractivity contribution in [2.24, 2.45) is 5.73 Å². The van der Waals surface area contributed by atoms with Crippen LogP contribution in [0.1, 0.15) is 31.1 Å². The molecule has 0 unspecified atom stereocenters. The summed E-state index contributed by atoms with van der Waals surface area (Å²) in [6, 6.07) is 6.32. The van der Waals surface area contributed by atoms with Crippen molar-refractivity contribution >= 4 is 5.91 Å². The van der Waals surface area contributed by atoms with Crippen molar-refractivity contribution in [1.29, 1.82) is 0 Å². The smallest absolute Gasteiger partial charge is 0.251 e. The Morgan fingerprint density at radius 3 is 2.41 bits per heavy atom. The number of benzene rings is 1. The van der Waals surface area contributed by atoms with Gasteiger partial charge in [0, 0.05) is 23.2 Å². The molecule has 0 fully saturated rings. The van der Waals surface area contributed by atoms with Crippen molar-refractivity contribution in [3.63, 3.8) is 0 Å². The minimum Gasteiger partial charge on any atom is -0.489 e. The number of hydrogen-bond acceptors (Lipinski definition) is 3. The molecule has 1 rings (SSSR count). The number of nitrogens with two attached hydrogens (primary N) is 1. The lowest BCUT2D eigenvalue weighted by Gasteiger charge is -2.20. The van der Waals surface area contributed by atoms with E-state index < -0.39 is 6.17 Å². The van der Waals surface area contributed by atoms with Gasteiger partial charge in [-0.15, -0.1) is 0 Å². The maximum Gasteiger partial charge on any atom is 0.251 e. The lowest BCUT2D eigenvalue weighted by molar-refractivity contribution is 0.0919. The van der Waals surface area contributed by atoms with Gasteiger partial charge in [-0.05, 0) is 45.0 Å². The summed E-state index contributed by atoms with van der Waals surface area (Å²) in [5, 5.41) is 2.83. The monoisotopic (exact) mass is 312 g/mol. The van der Waals surface area contributed by atoms with Crippen LogP contribution in [-0.2, 0) is 0 Å². The maximum absolute atomic E-state index is 13.3. The summed E-state index contributed by atoms with van der Waals surface area (Å²) >= 11 is 0. The fourth-order valence-electron chi connectivity index (χ4n) is 1.62. The van der Waals surface area contributed by atoms with Crippen molar-refractivity contribution in [1.82, 2.24) is 5.32 Å². The highest BCUT2D eigenvalue weighted by atomic mass is 19.1. The summed E-state index contributed by atoms with van der Waals surface area (Å²) in [4.78, 5) is 11.9. The van der Waals surface area contributed by atoms with Crippen LogP contribution in [0.5, 0.6) is 5.75 Å². The molecule has 22 heavy (non-hydrogen) atoms. The second kappa shape index (κ2) is 7.89. The topological polar surface area (TPSA) is 64.3 Å². The zero-order valence-corrected chi connectivity index (χ0v) is 13.0. The average Bonchev–Trinajstić information content (AvgIpc) is 2.46. The Morgan fingerprint density at radius 2 is 1.95 bits per heavy atom. The van der Waals surface area contributed by atoms with Gasteiger partial charge in [0.1, 0.15) is 18.5 Å². The lowest BCUT2D eigenvalue weighted by Crippen LogP contribution is -2.40. The average molecular weight is 312 g/mol. The summed E-state index contributed by atoms with van der Waals surface area (Å²) in [7, 11) is 0. The first-order chi connectivity index (χ1) is 10.3. The van der Waals surface area contributed by atoms with Gasteiger partial charge >= 0.3 is 0 Å². The standard InChI is InChI=1S/C16H22F2N2O2/c1-16(2,3)20-15(21)11-4-6-13(7-5-11)22-10-12(8-17)14(18)9-19/h4-8,14H,9-10,19H2,1-3H3,(H,20,21)/b12-8+/t14-/m0/s1. The van der Waals surface area contributed by atoms with Crippen LogP contribution in [0.25, 0.3) is 0 Å². The molecule has 0 radical (unpaired) electrons. The molecule has 1 aromatic carbocycles. The van der Waals surface area contributed by atoms with Gasteiger partial charge in [-0.1, -0.05) is 0 Å². The fraction of sp³-hybridized carbons (Fsp3) is 0.438. The Bertz CT molecular complexity index is 522. The highest BCUT2D eigenvalue weighted by Gasteiger charge is 2.15. The Hall–Kier alpha value is -1.95. The minimum atomic E-state index is -1.57. The van der Waals surface area contributed by atoms with E-state index in [9.17, 15) is 13.6 Å². The third-order valence-electron chi connectivity index (χ3n) is 2.76. The molecular weight excluding hydrogens is 290 g/mol. The molecule has 6 heteroatoms. The van der Waals surface area contributed by atoms with E-state index in [2.05, 4.69) is 5.32 Å².